The standard InChI is InChI=1S/C23H28ClFN2O3S/c1-17-5-2-6-18(15-17)7-4-12-26-23(28)19-10-13-27(14-11-19)31(29,30)16-20-21(24)8-3-9-22(20)25/h2-3,5-6,8-9,15,19H,4,7,10-14,16H2,1H3,(H,26,28). The van der Waals surface area contributed by atoms with Gasteiger partial charge in [0, 0.05) is 36.1 Å². The molecule has 8 heteroatoms. The number of carbonyl (C=O) groups is 1. The van der Waals surface area contributed by atoms with E-state index in [1.165, 1.54) is 33.6 Å². The molecule has 0 spiro atoms. The van der Waals surface area contributed by atoms with Gasteiger partial charge < -0.3 is 5.32 Å². The fraction of sp³-hybridized carbons (Fsp3) is 0.435. The molecule has 168 valence electrons. The summed E-state index contributed by atoms with van der Waals surface area (Å²) < 4.78 is 40.7. The minimum absolute atomic E-state index is 0.0161. The Morgan fingerprint density at radius 3 is 2.58 bits per heavy atom. The van der Waals surface area contributed by atoms with Crippen molar-refractivity contribution in [3.8, 4) is 0 Å². The minimum Gasteiger partial charge on any atom is -0.356 e. The molecule has 2 aromatic rings. The first-order valence-electron chi connectivity index (χ1n) is 10.5. The molecule has 0 radical (unpaired) electrons. The zero-order valence-corrected chi connectivity index (χ0v) is 19.2. The van der Waals surface area contributed by atoms with Crippen LogP contribution in [0, 0.1) is 18.7 Å². The van der Waals surface area contributed by atoms with Crippen molar-refractivity contribution in [2.24, 2.45) is 5.92 Å². The first kappa shape index (κ1) is 23.7. The molecular formula is C23H28ClFN2O3S. The highest BCUT2D eigenvalue weighted by Gasteiger charge is 2.32. The lowest BCUT2D eigenvalue weighted by atomic mass is 9.97. The fourth-order valence-electron chi connectivity index (χ4n) is 3.86. The summed E-state index contributed by atoms with van der Waals surface area (Å²) >= 11 is 5.97. The van der Waals surface area contributed by atoms with Crippen molar-refractivity contribution in [1.29, 1.82) is 0 Å². The minimum atomic E-state index is -3.71. The molecule has 1 aliphatic heterocycles. The van der Waals surface area contributed by atoms with E-state index >= 15 is 0 Å². The Labute approximate surface area is 188 Å². The van der Waals surface area contributed by atoms with E-state index in [2.05, 4.69) is 30.4 Å². The van der Waals surface area contributed by atoms with Gasteiger partial charge in [-0.2, -0.15) is 0 Å². The molecule has 0 bridgehead atoms. The van der Waals surface area contributed by atoms with Gasteiger partial charge in [0.2, 0.25) is 15.9 Å². The van der Waals surface area contributed by atoms with Crippen LogP contribution < -0.4 is 5.32 Å². The quantitative estimate of drug-likeness (QED) is 0.596. The largest absolute Gasteiger partial charge is 0.356 e. The van der Waals surface area contributed by atoms with E-state index in [4.69, 9.17) is 11.6 Å². The summed E-state index contributed by atoms with van der Waals surface area (Å²) in [6, 6.07) is 12.4. The van der Waals surface area contributed by atoms with Gasteiger partial charge in [-0.1, -0.05) is 47.5 Å². The van der Waals surface area contributed by atoms with Gasteiger partial charge in [0.05, 0.1) is 5.75 Å². The number of hydrogen-bond donors (Lipinski definition) is 1. The van der Waals surface area contributed by atoms with Gasteiger partial charge in [-0.25, -0.2) is 17.1 Å². The summed E-state index contributed by atoms with van der Waals surface area (Å²) in [5.74, 6) is -1.34. The molecule has 1 heterocycles. The average Bonchev–Trinajstić information content (AvgIpc) is 2.74. The Kier molecular flexibility index (Phi) is 8.08. The number of nitrogens with zero attached hydrogens (tertiary/aromatic N) is 1. The number of amides is 1. The lowest BCUT2D eigenvalue weighted by molar-refractivity contribution is -0.126. The van der Waals surface area contributed by atoms with Crippen LogP contribution in [0.2, 0.25) is 5.02 Å². The van der Waals surface area contributed by atoms with E-state index in [0.29, 0.717) is 19.4 Å². The number of aryl methyl sites for hydroxylation is 2. The van der Waals surface area contributed by atoms with E-state index in [9.17, 15) is 17.6 Å². The molecule has 1 N–H and O–H groups in total. The number of benzene rings is 2. The van der Waals surface area contributed by atoms with Gasteiger partial charge in [-0.15, -0.1) is 0 Å². The third-order valence-corrected chi connectivity index (χ3v) is 7.79. The normalized spacial score (nSPS) is 15.7. The van der Waals surface area contributed by atoms with Crippen molar-refractivity contribution >= 4 is 27.5 Å². The predicted octanol–water partition coefficient (Wildman–Crippen LogP) is 4.08. The zero-order chi connectivity index (χ0) is 22.4. The molecule has 1 amide bonds. The molecule has 0 saturated carbocycles. The molecule has 0 unspecified atom stereocenters. The van der Waals surface area contributed by atoms with Crippen molar-refractivity contribution in [3.05, 3.63) is 70.0 Å². The molecule has 3 rings (SSSR count). The van der Waals surface area contributed by atoms with Crippen LogP contribution in [0.5, 0.6) is 0 Å². The Balaban J connectivity index is 1.44. The SMILES string of the molecule is Cc1cccc(CCCNC(=O)C2CCN(S(=O)(=O)Cc3c(F)cccc3Cl)CC2)c1. The second kappa shape index (κ2) is 10.6. The molecular weight excluding hydrogens is 439 g/mol. The first-order chi connectivity index (χ1) is 14.8. The second-order valence-electron chi connectivity index (χ2n) is 8.01. The lowest BCUT2D eigenvalue weighted by Gasteiger charge is -2.30. The predicted molar refractivity (Wildman–Crippen MR) is 121 cm³/mol. The molecule has 1 aliphatic rings. The van der Waals surface area contributed by atoms with Gasteiger partial charge in [0.1, 0.15) is 5.82 Å². The highest BCUT2D eigenvalue weighted by Crippen LogP contribution is 2.26. The van der Waals surface area contributed by atoms with Crippen LogP contribution in [-0.2, 0) is 27.0 Å². The molecule has 5 nitrogen and oxygen atoms in total. The molecule has 1 fully saturated rings. The smallest absolute Gasteiger partial charge is 0.223 e. The van der Waals surface area contributed by atoms with Crippen LogP contribution in [0.1, 0.15) is 36.0 Å². The van der Waals surface area contributed by atoms with E-state index in [1.54, 1.807) is 0 Å². The van der Waals surface area contributed by atoms with Crippen LogP contribution in [-0.4, -0.2) is 38.3 Å². The van der Waals surface area contributed by atoms with Crippen molar-refractivity contribution in [2.75, 3.05) is 19.6 Å². The molecule has 0 atom stereocenters. The zero-order valence-electron chi connectivity index (χ0n) is 17.6. The van der Waals surface area contributed by atoms with Crippen LogP contribution in [0.15, 0.2) is 42.5 Å². The molecule has 2 aromatic carbocycles. The maximum absolute atomic E-state index is 14.0. The van der Waals surface area contributed by atoms with Crippen LogP contribution in [0.25, 0.3) is 0 Å². The number of sulfonamides is 1. The van der Waals surface area contributed by atoms with E-state index in [0.717, 1.165) is 12.8 Å². The number of halogens is 2. The number of piperidine rings is 1. The van der Waals surface area contributed by atoms with Crippen LogP contribution in [0.3, 0.4) is 0 Å². The third kappa shape index (κ3) is 6.51. The summed E-state index contributed by atoms with van der Waals surface area (Å²) in [7, 11) is -3.71. The van der Waals surface area contributed by atoms with Crippen molar-refractivity contribution in [1.82, 2.24) is 9.62 Å². The molecule has 0 aliphatic carbocycles. The molecule has 0 aromatic heterocycles. The van der Waals surface area contributed by atoms with E-state index in [-0.39, 0.29) is 35.5 Å². The van der Waals surface area contributed by atoms with Gasteiger partial charge in [-0.05, 0) is 50.3 Å². The van der Waals surface area contributed by atoms with Gasteiger partial charge in [0.25, 0.3) is 0 Å². The van der Waals surface area contributed by atoms with Gasteiger partial charge in [0.15, 0.2) is 0 Å². The maximum atomic E-state index is 14.0. The monoisotopic (exact) mass is 466 g/mol. The fourth-order valence-corrected chi connectivity index (χ4v) is 5.77. The summed E-state index contributed by atoms with van der Waals surface area (Å²) in [5.41, 5.74) is 2.46. The molecule has 31 heavy (non-hydrogen) atoms. The summed E-state index contributed by atoms with van der Waals surface area (Å²) in [6.07, 6.45) is 2.66. The Hall–Kier alpha value is -1.96. The Morgan fingerprint density at radius 1 is 1.19 bits per heavy atom. The average molecular weight is 467 g/mol. The maximum Gasteiger partial charge on any atom is 0.223 e. The number of hydrogen-bond acceptors (Lipinski definition) is 3. The van der Waals surface area contributed by atoms with Gasteiger partial charge in [-0.3, -0.25) is 4.79 Å². The highest BCUT2D eigenvalue weighted by molar-refractivity contribution is 7.88. The van der Waals surface area contributed by atoms with Crippen LogP contribution >= 0.6 is 11.6 Å². The Morgan fingerprint density at radius 2 is 1.90 bits per heavy atom. The third-order valence-electron chi connectivity index (χ3n) is 5.63. The van der Waals surface area contributed by atoms with E-state index < -0.39 is 21.6 Å². The Bertz CT molecular complexity index is 1000. The van der Waals surface area contributed by atoms with Gasteiger partial charge >= 0.3 is 0 Å². The summed E-state index contributed by atoms with van der Waals surface area (Å²) in [5, 5.41) is 3.07. The van der Waals surface area contributed by atoms with Crippen LogP contribution in [0.4, 0.5) is 4.39 Å². The highest BCUT2D eigenvalue weighted by atomic mass is 35.5. The van der Waals surface area contributed by atoms with E-state index in [1.807, 2.05) is 6.07 Å². The number of rotatable bonds is 8. The number of nitrogens with one attached hydrogen (secondary N) is 1. The first-order valence-corrected chi connectivity index (χ1v) is 12.5. The number of carbonyl (C=O) groups excluding carboxylic acids is 1. The second-order valence-corrected chi connectivity index (χ2v) is 10.4. The lowest BCUT2D eigenvalue weighted by Crippen LogP contribution is -2.43. The van der Waals surface area contributed by atoms with Crippen molar-refractivity contribution in [3.63, 3.8) is 0 Å². The van der Waals surface area contributed by atoms with Crippen molar-refractivity contribution < 1.29 is 17.6 Å². The summed E-state index contributed by atoms with van der Waals surface area (Å²) in [4.78, 5) is 12.5. The topological polar surface area (TPSA) is 66.5 Å². The summed E-state index contributed by atoms with van der Waals surface area (Å²) in [6.45, 7) is 3.14. The van der Waals surface area contributed by atoms with Crippen molar-refractivity contribution in [2.45, 2.75) is 38.4 Å². The molecule has 1 saturated heterocycles.